The Balaban J connectivity index is 1.57. The van der Waals surface area contributed by atoms with Gasteiger partial charge in [0.2, 0.25) is 5.91 Å². The molecule has 188 valence electrons. The molecule has 7 heteroatoms. The number of para-hydroxylation sites is 1. The van der Waals surface area contributed by atoms with Crippen molar-refractivity contribution in [3.8, 4) is 5.75 Å². The van der Waals surface area contributed by atoms with Gasteiger partial charge in [-0.15, -0.1) is 0 Å². The fraction of sp³-hybridized carbons (Fsp3) is 0.464. The van der Waals surface area contributed by atoms with Crippen molar-refractivity contribution in [1.82, 2.24) is 10.2 Å². The summed E-state index contributed by atoms with van der Waals surface area (Å²) in [5, 5.41) is 2.76. The van der Waals surface area contributed by atoms with E-state index in [1.165, 1.54) is 10.5 Å². The Bertz CT molecular complexity index is 963. The van der Waals surface area contributed by atoms with E-state index in [4.69, 9.17) is 9.47 Å². The third-order valence-corrected chi connectivity index (χ3v) is 6.04. The highest BCUT2D eigenvalue weighted by Gasteiger charge is 2.36. The van der Waals surface area contributed by atoms with Gasteiger partial charge >= 0.3 is 5.97 Å². The second-order valence-electron chi connectivity index (χ2n) is 8.72. The first-order chi connectivity index (χ1) is 17.1. The van der Waals surface area contributed by atoms with Gasteiger partial charge in [-0.05, 0) is 37.0 Å². The predicted octanol–water partition coefficient (Wildman–Crippen LogP) is 4.15. The molecule has 3 rings (SSSR count). The molecular weight excluding hydrogens is 444 g/mol. The third-order valence-electron chi connectivity index (χ3n) is 6.04. The lowest BCUT2D eigenvalue weighted by Crippen LogP contribution is -2.57. The number of carbonyl (C=O) groups excluding carboxylic acids is 3. The molecule has 1 fully saturated rings. The zero-order valence-corrected chi connectivity index (χ0v) is 20.5. The lowest BCUT2D eigenvalue weighted by Gasteiger charge is -2.34. The van der Waals surface area contributed by atoms with Crippen LogP contribution in [0.1, 0.15) is 61.4 Å². The highest BCUT2D eigenvalue weighted by molar-refractivity contribution is 6.01. The molecule has 0 spiro atoms. The van der Waals surface area contributed by atoms with E-state index in [2.05, 4.69) is 12.2 Å². The normalized spacial score (nSPS) is 15.4. The minimum Gasteiger partial charge on any atom is -0.493 e. The Morgan fingerprint density at radius 1 is 0.971 bits per heavy atom. The highest BCUT2D eigenvalue weighted by atomic mass is 16.5. The van der Waals surface area contributed by atoms with E-state index in [0.717, 1.165) is 32.1 Å². The SMILES string of the molecule is CCCCCCOc1ccccc1C(=O)N1CCNC(=O)C1CC(=O)OCCCc1ccccc1. The number of hydrogen-bond donors (Lipinski definition) is 1. The van der Waals surface area contributed by atoms with Crippen molar-refractivity contribution in [2.24, 2.45) is 0 Å². The lowest BCUT2D eigenvalue weighted by atomic mass is 10.1. The number of esters is 1. The van der Waals surface area contributed by atoms with Crippen molar-refractivity contribution in [3.63, 3.8) is 0 Å². The number of carbonyl (C=O) groups is 3. The van der Waals surface area contributed by atoms with E-state index in [9.17, 15) is 14.4 Å². The molecule has 1 aliphatic heterocycles. The summed E-state index contributed by atoms with van der Waals surface area (Å²) >= 11 is 0. The second-order valence-corrected chi connectivity index (χ2v) is 8.72. The van der Waals surface area contributed by atoms with E-state index in [1.807, 2.05) is 36.4 Å². The van der Waals surface area contributed by atoms with Gasteiger partial charge in [-0.3, -0.25) is 14.4 Å². The Morgan fingerprint density at radius 3 is 2.54 bits per heavy atom. The Kier molecular flexibility index (Phi) is 10.6. The average molecular weight is 481 g/mol. The maximum absolute atomic E-state index is 13.4. The number of benzene rings is 2. The van der Waals surface area contributed by atoms with Gasteiger partial charge in [-0.1, -0.05) is 68.7 Å². The fourth-order valence-electron chi connectivity index (χ4n) is 4.12. The number of amides is 2. The number of ether oxygens (including phenoxy) is 2. The van der Waals surface area contributed by atoms with Gasteiger partial charge in [0.25, 0.3) is 5.91 Å². The molecule has 7 nitrogen and oxygen atoms in total. The van der Waals surface area contributed by atoms with Gasteiger partial charge in [-0.2, -0.15) is 0 Å². The molecule has 35 heavy (non-hydrogen) atoms. The van der Waals surface area contributed by atoms with Crippen LogP contribution in [0.4, 0.5) is 0 Å². The summed E-state index contributed by atoms with van der Waals surface area (Å²) < 4.78 is 11.3. The van der Waals surface area contributed by atoms with E-state index >= 15 is 0 Å². The molecule has 1 atom stereocenters. The van der Waals surface area contributed by atoms with Gasteiger partial charge in [-0.25, -0.2) is 0 Å². The van der Waals surface area contributed by atoms with E-state index in [1.54, 1.807) is 18.2 Å². The van der Waals surface area contributed by atoms with E-state index < -0.39 is 12.0 Å². The Morgan fingerprint density at radius 2 is 1.74 bits per heavy atom. The van der Waals surface area contributed by atoms with Crippen LogP contribution in [-0.4, -0.2) is 55.0 Å². The number of nitrogens with one attached hydrogen (secondary N) is 1. The predicted molar refractivity (Wildman–Crippen MR) is 134 cm³/mol. The van der Waals surface area contributed by atoms with Crippen molar-refractivity contribution >= 4 is 17.8 Å². The molecule has 0 aliphatic carbocycles. The average Bonchev–Trinajstić information content (AvgIpc) is 2.88. The van der Waals surface area contributed by atoms with Crippen molar-refractivity contribution < 1.29 is 23.9 Å². The number of rotatable bonds is 13. The monoisotopic (exact) mass is 480 g/mol. The van der Waals surface area contributed by atoms with Crippen LogP contribution in [0.3, 0.4) is 0 Å². The summed E-state index contributed by atoms with van der Waals surface area (Å²) in [6.45, 7) is 3.61. The molecule has 0 aromatic heterocycles. The Hall–Kier alpha value is -3.35. The van der Waals surface area contributed by atoms with Crippen molar-refractivity contribution in [1.29, 1.82) is 0 Å². The molecule has 1 saturated heterocycles. The lowest BCUT2D eigenvalue weighted by molar-refractivity contribution is -0.147. The van der Waals surface area contributed by atoms with Crippen molar-refractivity contribution in [3.05, 3.63) is 65.7 Å². The summed E-state index contributed by atoms with van der Waals surface area (Å²) in [4.78, 5) is 40.0. The number of hydrogen-bond acceptors (Lipinski definition) is 5. The molecule has 1 aliphatic rings. The van der Waals surface area contributed by atoms with Crippen LogP contribution in [0, 0.1) is 0 Å². The molecular formula is C28H36N2O5. The van der Waals surface area contributed by atoms with Crippen LogP contribution < -0.4 is 10.1 Å². The number of unbranched alkanes of at least 4 members (excludes halogenated alkanes) is 3. The van der Waals surface area contributed by atoms with Gasteiger partial charge < -0.3 is 19.7 Å². The zero-order valence-electron chi connectivity index (χ0n) is 20.5. The number of aryl methyl sites for hydroxylation is 1. The molecule has 1 unspecified atom stereocenters. The third kappa shape index (κ3) is 8.12. The quantitative estimate of drug-likeness (QED) is 0.344. The summed E-state index contributed by atoms with van der Waals surface area (Å²) in [6, 6.07) is 16.1. The maximum Gasteiger partial charge on any atom is 0.308 e. The summed E-state index contributed by atoms with van der Waals surface area (Å²) in [5.74, 6) is -0.643. The van der Waals surface area contributed by atoms with Gasteiger partial charge in [0, 0.05) is 13.1 Å². The molecule has 2 amide bonds. The highest BCUT2D eigenvalue weighted by Crippen LogP contribution is 2.23. The second kappa shape index (κ2) is 14.1. The van der Waals surface area contributed by atoms with Crippen LogP contribution in [0.5, 0.6) is 5.75 Å². The van der Waals surface area contributed by atoms with Gasteiger partial charge in [0.1, 0.15) is 11.8 Å². The summed E-state index contributed by atoms with van der Waals surface area (Å²) in [7, 11) is 0. The molecule has 1 N–H and O–H groups in total. The van der Waals surface area contributed by atoms with Gasteiger partial charge in [0.05, 0.1) is 25.2 Å². The fourth-order valence-corrected chi connectivity index (χ4v) is 4.12. The van der Waals surface area contributed by atoms with E-state index in [0.29, 0.717) is 37.4 Å². The first-order valence-corrected chi connectivity index (χ1v) is 12.6. The molecule has 0 radical (unpaired) electrons. The van der Waals surface area contributed by atoms with Crippen molar-refractivity contribution in [2.75, 3.05) is 26.3 Å². The van der Waals surface area contributed by atoms with Crippen molar-refractivity contribution in [2.45, 2.75) is 57.9 Å². The van der Waals surface area contributed by atoms with Crippen LogP contribution in [0.15, 0.2) is 54.6 Å². The minimum atomic E-state index is -0.907. The minimum absolute atomic E-state index is 0.178. The largest absolute Gasteiger partial charge is 0.493 e. The van der Waals surface area contributed by atoms with Crippen LogP contribution in [-0.2, 0) is 20.7 Å². The summed E-state index contributed by atoms with van der Waals surface area (Å²) in [6.07, 6.45) is 5.61. The van der Waals surface area contributed by atoms with Gasteiger partial charge in [0.15, 0.2) is 0 Å². The molecule has 2 aromatic rings. The Labute approximate surface area is 207 Å². The zero-order chi connectivity index (χ0) is 24.9. The van der Waals surface area contributed by atoms with E-state index in [-0.39, 0.29) is 24.8 Å². The van der Waals surface area contributed by atoms with Crippen LogP contribution in [0.2, 0.25) is 0 Å². The topological polar surface area (TPSA) is 84.9 Å². The van der Waals surface area contributed by atoms with Crippen LogP contribution >= 0.6 is 0 Å². The standard InChI is InChI=1S/C28H36N2O5/c1-2-3-4-10-19-34-25-16-9-8-15-23(25)28(33)30-18-17-29-27(32)24(30)21-26(31)35-20-11-14-22-12-6-5-7-13-22/h5-9,12-13,15-16,24H,2-4,10-11,14,17-21H2,1H3,(H,29,32). The molecule has 1 heterocycles. The molecule has 0 saturated carbocycles. The molecule has 0 bridgehead atoms. The smallest absolute Gasteiger partial charge is 0.308 e. The molecule has 2 aromatic carbocycles. The number of piperazine rings is 1. The first kappa shape index (κ1) is 26.3. The summed E-state index contributed by atoms with van der Waals surface area (Å²) in [5.41, 5.74) is 1.58. The first-order valence-electron chi connectivity index (χ1n) is 12.6. The number of nitrogens with zero attached hydrogens (tertiary/aromatic N) is 1. The maximum atomic E-state index is 13.4. The van der Waals surface area contributed by atoms with Crippen LogP contribution in [0.25, 0.3) is 0 Å².